The van der Waals surface area contributed by atoms with Crippen molar-refractivity contribution < 1.29 is 4.79 Å². The number of aliphatic imine (C=N–C) groups is 1. The van der Waals surface area contributed by atoms with Gasteiger partial charge in [0.15, 0.2) is 5.96 Å². The number of halogens is 1. The van der Waals surface area contributed by atoms with E-state index in [2.05, 4.69) is 45.4 Å². The summed E-state index contributed by atoms with van der Waals surface area (Å²) in [6, 6.07) is 4.21. The third kappa shape index (κ3) is 8.92. The Morgan fingerprint density at radius 1 is 1.33 bits per heavy atom. The summed E-state index contributed by atoms with van der Waals surface area (Å²) in [7, 11) is 0. The maximum absolute atomic E-state index is 10.8. The molecular formula is C14H25IN4OS. The van der Waals surface area contributed by atoms with Crippen LogP contribution in [0.1, 0.15) is 31.6 Å². The highest BCUT2D eigenvalue weighted by Crippen LogP contribution is 2.20. The summed E-state index contributed by atoms with van der Waals surface area (Å²) in [5.41, 5.74) is 0. The van der Waals surface area contributed by atoms with E-state index in [1.807, 2.05) is 6.92 Å². The van der Waals surface area contributed by atoms with Gasteiger partial charge in [-0.1, -0.05) is 13.0 Å². The first-order valence-corrected chi connectivity index (χ1v) is 7.81. The van der Waals surface area contributed by atoms with Gasteiger partial charge in [0.1, 0.15) is 0 Å². The number of hydrogen-bond acceptors (Lipinski definition) is 3. The van der Waals surface area contributed by atoms with Crippen molar-refractivity contribution in [2.24, 2.45) is 4.99 Å². The Hall–Kier alpha value is -0.830. The molecule has 1 heterocycles. The first kappa shape index (κ1) is 20.2. The lowest BCUT2D eigenvalue weighted by molar-refractivity contribution is -0.118. The molecule has 1 aromatic rings. The minimum Gasteiger partial charge on any atom is -0.357 e. The third-order valence-corrected chi connectivity index (χ3v) is 3.79. The molecule has 1 rings (SSSR count). The Kier molecular flexibility index (Phi) is 11.3. The van der Waals surface area contributed by atoms with Gasteiger partial charge in [0, 0.05) is 37.4 Å². The second kappa shape index (κ2) is 11.8. The number of thiophene rings is 1. The molecule has 120 valence electrons. The fourth-order valence-corrected chi connectivity index (χ4v) is 2.43. The number of rotatable bonds is 7. The van der Waals surface area contributed by atoms with E-state index in [4.69, 9.17) is 0 Å². The normalized spacial score (nSPS) is 12.2. The highest BCUT2D eigenvalue weighted by molar-refractivity contribution is 14.0. The number of hydrogen-bond donors (Lipinski definition) is 3. The summed E-state index contributed by atoms with van der Waals surface area (Å²) in [6.07, 6.45) is 0. The molecule has 0 saturated heterocycles. The summed E-state index contributed by atoms with van der Waals surface area (Å²) in [6.45, 7) is 8.56. The minimum absolute atomic E-state index is 0. The van der Waals surface area contributed by atoms with Crippen LogP contribution in [0.5, 0.6) is 0 Å². The molecule has 7 heteroatoms. The largest absolute Gasteiger partial charge is 0.357 e. The van der Waals surface area contributed by atoms with Crippen molar-refractivity contribution in [2.45, 2.75) is 26.7 Å². The maximum atomic E-state index is 10.8. The number of guanidine groups is 1. The zero-order valence-electron chi connectivity index (χ0n) is 12.8. The lowest BCUT2D eigenvalue weighted by Gasteiger charge is -2.13. The van der Waals surface area contributed by atoms with E-state index in [-0.39, 0.29) is 29.9 Å². The molecule has 1 atom stereocenters. The van der Waals surface area contributed by atoms with Gasteiger partial charge in [-0.25, -0.2) is 0 Å². The molecule has 0 aromatic carbocycles. The van der Waals surface area contributed by atoms with Crippen molar-refractivity contribution in [1.82, 2.24) is 16.0 Å². The fourth-order valence-electron chi connectivity index (χ4n) is 1.65. The lowest BCUT2D eigenvalue weighted by Crippen LogP contribution is -2.41. The highest BCUT2D eigenvalue weighted by atomic mass is 127. The van der Waals surface area contributed by atoms with Gasteiger partial charge in [-0.05, 0) is 18.4 Å². The Labute approximate surface area is 148 Å². The molecule has 0 aliphatic rings. The molecular weight excluding hydrogens is 399 g/mol. The van der Waals surface area contributed by atoms with E-state index in [0.717, 1.165) is 19.0 Å². The Bertz CT molecular complexity index is 423. The Morgan fingerprint density at radius 2 is 2.05 bits per heavy atom. The molecule has 0 aliphatic carbocycles. The summed E-state index contributed by atoms with van der Waals surface area (Å²) in [5.74, 6) is 1.20. The van der Waals surface area contributed by atoms with E-state index in [1.54, 1.807) is 11.3 Å². The van der Waals surface area contributed by atoms with Gasteiger partial charge in [-0.3, -0.25) is 9.79 Å². The molecule has 0 aliphatic heterocycles. The smallest absolute Gasteiger partial charge is 0.216 e. The highest BCUT2D eigenvalue weighted by Gasteiger charge is 2.06. The van der Waals surface area contributed by atoms with Crippen molar-refractivity contribution in [3.05, 3.63) is 22.4 Å². The van der Waals surface area contributed by atoms with Crippen molar-refractivity contribution >= 4 is 47.2 Å². The molecule has 1 amide bonds. The Morgan fingerprint density at radius 3 is 2.62 bits per heavy atom. The number of carbonyl (C=O) groups excluding carboxylic acids is 1. The molecule has 0 radical (unpaired) electrons. The van der Waals surface area contributed by atoms with Gasteiger partial charge in [0.25, 0.3) is 0 Å². The predicted octanol–water partition coefficient (Wildman–Crippen LogP) is 2.16. The van der Waals surface area contributed by atoms with Gasteiger partial charge in [0.2, 0.25) is 5.91 Å². The summed E-state index contributed by atoms with van der Waals surface area (Å²) in [4.78, 5) is 16.7. The van der Waals surface area contributed by atoms with Crippen LogP contribution in [-0.4, -0.2) is 38.0 Å². The van der Waals surface area contributed by atoms with Crippen LogP contribution in [0.25, 0.3) is 0 Å². The van der Waals surface area contributed by atoms with E-state index in [9.17, 15) is 4.79 Å². The average Bonchev–Trinajstić information content (AvgIpc) is 2.94. The zero-order chi connectivity index (χ0) is 14.8. The van der Waals surface area contributed by atoms with Gasteiger partial charge in [0.05, 0.1) is 6.54 Å². The third-order valence-electron chi connectivity index (χ3n) is 2.69. The number of amides is 1. The monoisotopic (exact) mass is 424 g/mol. The van der Waals surface area contributed by atoms with Crippen molar-refractivity contribution in [3.63, 3.8) is 0 Å². The SMILES string of the molecule is CCNC(=NCC(C)c1cccs1)NCCNC(C)=O.I. The van der Waals surface area contributed by atoms with E-state index >= 15 is 0 Å². The fraction of sp³-hybridized carbons (Fsp3) is 0.571. The molecule has 21 heavy (non-hydrogen) atoms. The lowest BCUT2D eigenvalue weighted by atomic mass is 10.1. The average molecular weight is 424 g/mol. The van der Waals surface area contributed by atoms with Crippen LogP contribution in [-0.2, 0) is 4.79 Å². The van der Waals surface area contributed by atoms with Crippen molar-refractivity contribution in [1.29, 1.82) is 0 Å². The molecule has 0 saturated carbocycles. The molecule has 0 bridgehead atoms. The van der Waals surface area contributed by atoms with Crippen LogP contribution in [0.15, 0.2) is 22.5 Å². The summed E-state index contributed by atoms with van der Waals surface area (Å²) < 4.78 is 0. The predicted molar refractivity (Wildman–Crippen MR) is 101 cm³/mol. The first-order chi connectivity index (χ1) is 9.63. The van der Waals surface area contributed by atoms with E-state index in [1.165, 1.54) is 11.8 Å². The molecule has 1 unspecified atom stereocenters. The van der Waals surface area contributed by atoms with Gasteiger partial charge in [-0.2, -0.15) is 0 Å². The number of nitrogens with one attached hydrogen (secondary N) is 3. The molecule has 3 N–H and O–H groups in total. The Balaban J connectivity index is 0.00000400. The van der Waals surface area contributed by atoms with Crippen molar-refractivity contribution in [3.8, 4) is 0 Å². The summed E-state index contributed by atoms with van der Waals surface area (Å²) in [5, 5.41) is 11.2. The molecule has 0 fully saturated rings. The van der Waals surface area contributed by atoms with Crippen LogP contribution in [0.3, 0.4) is 0 Å². The van der Waals surface area contributed by atoms with E-state index < -0.39 is 0 Å². The van der Waals surface area contributed by atoms with Crippen LogP contribution in [0.2, 0.25) is 0 Å². The topological polar surface area (TPSA) is 65.5 Å². The van der Waals surface area contributed by atoms with Crippen LogP contribution < -0.4 is 16.0 Å². The van der Waals surface area contributed by atoms with Crippen LogP contribution >= 0.6 is 35.3 Å². The maximum Gasteiger partial charge on any atom is 0.216 e. The van der Waals surface area contributed by atoms with Gasteiger partial charge in [-0.15, -0.1) is 35.3 Å². The second-order valence-corrected chi connectivity index (χ2v) is 5.53. The van der Waals surface area contributed by atoms with Crippen LogP contribution in [0.4, 0.5) is 0 Å². The molecule has 5 nitrogen and oxygen atoms in total. The standard InChI is InChI=1S/C14H24N4OS.HI/c1-4-15-14(17-8-7-16-12(3)19)18-10-11(2)13-6-5-9-20-13;/h5-6,9,11H,4,7-8,10H2,1-3H3,(H,16,19)(H2,15,17,18);1H. The summed E-state index contributed by atoms with van der Waals surface area (Å²) >= 11 is 1.76. The van der Waals surface area contributed by atoms with Crippen LogP contribution in [0, 0.1) is 0 Å². The molecule has 1 aromatic heterocycles. The van der Waals surface area contributed by atoms with Crippen molar-refractivity contribution in [2.75, 3.05) is 26.2 Å². The van der Waals surface area contributed by atoms with Gasteiger partial charge < -0.3 is 16.0 Å². The quantitative estimate of drug-likeness (QED) is 0.272. The molecule has 0 spiro atoms. The number of nitrogens with zero attached hydrogens (tertiary/aromatic N) is 1. The number of carbonyl (C=O) groups is 1. The first-order valence-electron chi connectivity index (χ1n) is 6.93. The zero-order valence-corrected chi connectivity index (χ0v) is 16.0. The van der Waals surface area contributed by atoms with E-state index in [0.29, 0.717) is 19.0 Å². The van der Waals surface area contributed by atoms with Gasteiger partial charge >= 0.3 is 0 Å². The minimum atomic E-state index is -0.0138. The second-order valence-electron chi connectivity index (χ2n) is 4.55.